The summed E-state index contributed by atoms with van der Waals surface area (Å²) in [5.74, 6) is -1.73. The summed E-state index contributed by atoms with van der Waals surface area (Å²) in [5, 5.41) is 8.83. The Morgan fingerprint density at radius 3 is 2.83 bits per heavy atom. The minimum Gasteiger partial charge on any atom is -0.477 e. The Bertz CT molecular complexity index is 461. The fraction of sp³-hybridized carbons (Fsp3) is 0.500. The summed E-state index contributed by atoms with van der Waals surface area (Å²) in [6.45, 7) is 1.13. The highest BCUT2D eigenvalue weighted by Gasteiger charge is 2.51. The van der Waals surface area contributed by atoms with E-state index >= 15 is 0 Å². The molecular formula is C10H12N2O5S. The van der Waals surface area contributed by atoms with Gasteiger partial charge in [0.25, 0.3) is 0 Å². The number of aliphatic carboxylic acids is 1. The molecule has 0 spiro atoms. The van der Waals surface area contributed by atoms with Crippen LogP contribution in [-0.2, 0) is 19.1 Å². The SMILES string of the molecule is CC(=O)OCC1=C(C(=O)O)N2C(=O)[C@H](N)C2SC1. The molecule has 0 aromatic carbocycles. The van der Waals surface area contributed by atoms with Gasteiger partial charge in [0.1, 0.15) is 23.7 Å². The number of carbonyl (C=O) groups is 3. The standard InChI is InChI=1S/C10H12N2O5S/c1-4(13)17-2-5-3-18-9-6(11)8(14)12(9)7(5)10(15)16/h6,9H,2-3,11H2,1H3,(H,15,16)/t6-,9?/m0/s1. The van der Waals surface area contributed by atoms with Gasteiger partial charge in [-0.15, -0.1) is 11.8 Å². The molecule has 0 bridgehead atoms. The molecule has 0 aliphatic carbocycles. The lowest BCUT2D eigenvalue weighted by atomic mass is 10.0. The van der Waals surface area contributed by atoms with Crippen LogP contribution in [0.5, 0.6) is 0 Å². The summed E-state index contributed by atoms with van der Waals surface area (Å²) in [4.78, 5) is 34.7. The van der Waals surface area contributed by atoms with Crippen molar-refractivity contribution in [2.24, 2.45) is 5.73 Å². The van der Waals surface area contributed by atoms with Crippen molar-refractivity contribution in [2.45, 2.75) is 18.3 Å². The second kappa shape index (κ2) is 4.62. The number of esters is 1. The largest absolute Gasteiger partial charge is 0.477 e. The summed E-state index contributed by atoms with van der Waals surface area (Å²) in [7, 11) is 0. The summed E-state index contributed by atoms with van der Waals surface area (Å²) in [6.07, 6.45) is 0. The first-order valence-electron chi connectivity index (χ1n) is 5.22. The zero-order chi connectivity index (χ0) is 13.4. The van der Waals surface area contributed by atoms with Crippen molar-refractivity contribution in [3.05, 3.63) is 11.3 Å². The number of amides is 1. The van der Waals surface area contributed by atoms with Gasteiger partial charge in [0.05, 0.1) is 0 Å². The van der Waals surface area contributed by atoms with Crippen LogP contribution >= 0.6 is 11.8 Å². The number of ether oxygens (including phenoxy) is 1. The fourth-order valence-electron chi connectivity index (χ4n) is 1.88. The summed E-state index contributed by atoms with van der Waals surface area (Å²) in [6, 6.07) is -0.653. The quantitative estimate of drug-likeness (QED) is 0.507. The average molecular weight is 272 g/mol. The van der Waals surface area contributed by atoms with Gasteiger partial charge < -0.3 is 15.6 Å². The Balaban J connectivity index is 2.26. The van der Waals surface area contributed by atoms with E-state index in [9.17, 15) is 14.4 Å². The van der Waals surface area contributed by atoms with E-state index in [2.05, 4.69) is 0 Å². The number of β-lactam (4-membered cyclic amide) rings is 1. The highest BCUT2D eigenvalue weighted by molar-refractivity contribution is 8.00. The highest BCUT2D eigenvalue weighted by Crippen LogP contribution is 2.39. The number of nitrogens with two attached hydrogens (primary N) is 1. The molecule has 1 amide bonds. The molecule has 1 fully saturated rings. The van der Waals surface area contributed by atoms with Gasteiger partial charge in [-0.25, -0.2) is 4.79 Å². The zero-order valence-corrected chi connectivity index (χ0v) is 10.4. The molecule has 2 rings (SSSR count). The van der Waals surface area contributed by atoms with Crippen molar-refractivity contribution in [3.8, 4) is 0 Å². The van der Waals surface area contributed by atoms with E-state index in [0.29, 0.717) is 11.3 Å². The van der Waals surface area contributed by atoms with Gasteiger partial charge in [-0.3, -0.25) is 14.5 Å². The number of carboxylic acid groups (broad SMARTS) is 1. The van der Waals surface area contributed by atoms with Crippen molar-refractivity contribution >= 4 is 29.6 Å². The van der Waals surface area contributed by atoms with Gasteiger partial charge in [0.2, 0.25) is 5.91 Å². The van der Waals surface area contributed by atoms with Crippen molar-refractivity contribution < 1.29 is 24.2 Å². The molecule has 2 aliphatic heterocycles. The van der Waals surface area contributed by atoms with Crippen LogP contribution in [0, 0.1) is 0 Å². The van der Waals surface area contributed by atoms with E-state index < -0.39 is 23.9 Å². The Morgan fingerprint density at radius 2 is 2.28 bits per heavy atom. The first kappa shape index (κ1) is 12.9. The smallest absolute Gasteiger partial charge is 0.352 e. The Hall–Kier alpha value is -1.54. The molecule has 8 heteroatoms. The van der Waals surface area contributed by atoms with E-state index in [-0.39, 0.29) is 17.7 Å². The van der Waals surface area contributed by atoms with Crippen LogP contribution in [0.15, 0.2) is 11.3 Å². The first-order valence-corrected chi connectivity index (χ1v) is 6.27. The summed E-state index contributed by atoms with van der Waals surface area (Å²) in [5.41, 5.74) is 5.90. The van der Waals surface area contributed by atoms with Crippen LogP contribution in [0.1, 0.15) is 6.92 Å². The Morgan fingerprint density at radius 1 is 1.61 bits per heavy atom. The van der Waals surface area contributed by atoms with E-state index in [4.69, 9.17) is 15.6 Å². The van der Waals surface area contributed by atoms with Crippen molar-refractivity contribution in [1.82, 2.24) is 4.90 Å². The van der Waals surface area contributed by atoms with Crippen LogP contribution in [0.3, 0.4) is 0 Å². The molecule has 18 heavy (non-hydrogen) atoms. The predicted octanol–water partition coefficient (Wildman–Crippen LogP) is -0.869. The van der Waals surface area contributed by atoms with E-state index in [1.54, 1.807) is 0 Å². The predicted molar refractivity (Wildman–Crippen MR) is 62.4 cm³/mol. The molecule has 0 saturated carbocycles. The number of thioether (sulfide) groups is 1. The number of carboxylic acids is 1. The molecule has 2 aliphatic rings. The molecule has 3 N–H and O–H groups in total. The third-order valence-electron chi connectivity index (χ3n) is 2.74. The lowest BCUT2D eigenvalue weighted by Crippen LogP contribution is -2.68. The third-order valence-corrected chi connectivity index (χ3v) is 4.10. The maximum atomic E-state index is 11.6. The molecule has 0 aromatic heterocycles. The number of rotatable bonds is 3. The normalized spacial score (nSPS) is 26.6. The van der Waals surface area contributed by atoms with E-state index in [0.717, 1.165) is 0 Å². The molecule has 98 valence electrons. The van der Waals surface area contributed by atoms with Gasteiger partial charge in [-0.1, -0.05) is 0 Å². The number of carbonyl (C=O) groups excluding carboxylic acids is 2. The maximum absolute atomic E-state index is 11.6. The van der Waals surface area contributed by atoms with Crippen LogP contribution in [-0.4, -0.2) is 51.6 Å². The molecule has 2 atom stereocenters. The van der Waals surface area contributed by atoms with Crippen molar-refractivity contribution in [1.29, 1.82) is 0 Å². The van der Waals surface area contributed by atoms with Crippen LogP contribution in [0.4, 0.5) is 0 Å². The van der Waals surface area contributed by atoms with Gasteiger partial charge >= 0.3 is 11.9 Å². The number of nitrogens with zero attached hydrogens (tertiary/aromatic N) is 1. The highest BCUT2D eigenvalue weighted by atomic mass is 32.2. The second-order valence-electron chi connectivity index (χ2n) is 3.97. The number of hydrogen-bond donors (Lipinski definition) is 2. The third kappa shape index (κ3) is 1.97. The second-order valence-corrected chi connectivity index (χ2v) is 5.08. The lowest BCUT2D eigenvalue weighted by Gasteiger charge is -2.47. The topological polar surface area (TPSA) is 110 Å². The Labute approximate surface area is 107 Å². The van der Waals surface area contributed by atoms with Gasteiger partial charge in [0, 0.05) is 18.2 Å². The zero-order valence-electron chi connectivity index (χ0n) is 9.58. The minimum atomic E-state index is -1.21. The molecule has 0 radical (unpaired) electrons. The van der Waals surface area contributed by atoms with E-state index in [1.165, 1.54) is 23.6 Å². The molecular weight excluding hydrogens is 260 g/mol. The molecule has 0 aromatic rings. The minimum absolute atomic E-state index is 0.105. The molecule has 2 heterocycles. The number of fused-ring (bicyclic) bond motifs is 1. The van der Waals surface area contributed by atoms with Crippen LogP contribution in [0.2, 0.25) is 0 Å². The lowest BCUT2D eigenvalue weighted by molar-refractivity contribution is -0.148. The molecule has 1 saturated heterocycles. The summed E-state index contributed by atoms with van der Waals surface area (Å²) >= 11 is 1.37. The van der Waals surface area contributed by atoms with Gasteiger partial charge in [-0.2, -0.15) is 0 Å². The van der Waals surface area contributed by atoms with Gasteiger partial charge in [0.15, 0.2) is 0 Å². The Kier molecular flexibility index (Phi) is 3.31. The maximum Gasteiger partial charge on any atom is 0.352 e. The molecule has 7 nitrogen and oxygen atoms in total. The van der Waals surface area contributed by atoms with Crippen molar-refractivity contribution in [3.63, 3.8) is 0 Å². The number of hydrogen-bond acceptors (Lipinski definition) is 6. The van der Waals surface area contributed by atoms with Gasteiger partial charge in [-0.05, 0) is 0 Å². The van der Waals surface area contributed by atoms with Crippen molar-refractivity contribution in [2.75, 3.05) is 12.4 Å². The fourth-order valence-corrected chi connectivity index (χ4v) is 3.15. The monoisotopic (exact) mass is 272 g/mol. The molecule has 1 unspecified atom stereocenters. The first-order chi connectivity index (χ1) is 8.43. The summed E-state index contributed by atoms with van der Waals surface area (Å²) < 4.78 is 4.79. The average Bonchev–Trinajstić information content (AvgIpc) is 2.33. The van der Waals surface area contributed by atoms with Crippen LogP contribution < -0.4 is 5.73 Å². The van der Waals surface area contributed by atoms with Crippen LogP contribution in [0.25, 0.3) is 0 Å². The van der Waals surface area contributed by atoms with E-state index in [1.807, 2.05) is 0 Å².